The van der Waals surface area contributed by atoms with Gasteiger partial charge < -0.3 is 0 Å². The molecular weight excluding hydrogens is 328 g/mol. The summed E-state index contributed by atoms with van der Waals surface area (Å²) in [5.74, 6) is 0. The van der Waals surface area contributed by atoms with Crippen molar-refractivity contribution in [2.75, 3.05) is 0 Å². The first-order valence-electron chi connectivity index (χ1n) is 6.49. The molecule has 4 aromatic rings. The van der Waals surface area contributed by atoms with E-state index < -0.39 is 0 Å². The van der Waals surface area contributed by atoms with E-state index in [1.54, 1.807) is 0 Å². The third kappa shape index (κ3) is 1.88. The quantitative estimate of drug-likeness (QED) is 0.372. The van der Waals surface area contributed by atoms with Gasteiger partial charge in [-0.2, -0.15) is 0 Å². The van der Waals surface area contributed by atoms with Gasteiger partial charge in [0, 0.05) is 19.4 Å². The van der Waals surface area contributed by atoms with Crippen molar-refractivity contribution < 1.29 is 0 Å². The summed E-state index contributed by atoms with van der Waals surface area (Å²) in [6, 6.07) is 23.7. The fourth-order valence-electron chi connectivity index (χ4n) is 2.53. The fourth-order valence-corrected chi connectivity index (χ4v) is 4.57. The molecule has 20 heavy (non-hydrogen) atoms. The molecule has 0 nitrogen and oxygen atoms in total. The van der Waals surface area contributed by atoms with Crippen LogP contribution in [0, 0.1) is 0 Å². The Morgan fingerprint density at radius 2 is 1.50 bits per heavy atom. The summed E-state index contributed by atoms with van der Waals surface area (Å²) < 4.78 is 2.52. The zero-order valence-corrected chi connectivity index (χ0v) is 13.0. The molecular formula is C18H11BrS. The van der Waals surface area contributed by atoms with Gasteiger partial charge in [-0.25, -0.2) is 0 Å². The van der Waals surface area contributed by atoms with Gasteiger partial charge in [-0.05, 0) is 44.4 Å². The molecule has 2 heteroatoms. The van der Waals surface area contributed by atoms with Crippen LogP contribution in [0.2, 0.25) is 0 Å². The van der Waals surface area contributed by atoms with Crippen LogP contribution in [0.1, 0.15) is 0 Å². The van der Waals surface area contributed by atoms with E-state index >= 15 is 0 Å². The summed E-state index contributed by atoms with van der Waals surface area (Å²) in [4.78, 5) is 1.30. The maximum absolute atomic E-state index is 3.76. The van der Waals surface area contributed by atoms with Gasteiger partial charge in [0.2, 0.25) is 0 Å². The lowest BCUT2D eigenvalue weighted by atomic mass is 10.1. The van der Waals surface area contributed by atoms with Crippen LogP contribution in [0.25, 0.3) is 31.3 Å². The molecule has 0 bridgehead atoms. The van der Waals surface area contributed by atoms with Gasteiger partial charge in [-0.1, -0.05) is 54.6 Å². The third-order valence-electron chi connectivity index (χ3n) is 3.55. The summed E-state index contributed by atoms with van der Waals surface area (Å²) in [6.07, 6.45) is 0. The molecule has 0 N–H and O–H groups in total. The van der Waals surface area contributed by atoms with Gasteiger partial charge in [0.25, 0.3) is 0 Å². The van der Waals surface area contributed by atoms with Crippen LogP contribution < -0.4 is 0 Å². The van der Waals surface area contributed by atoms with Gasteiger partial charge in [-0.15, -0.1) is 11.3 Å². The highest BCUT2D eigenvalue weighted by molar-refractivity contribution is 9.10. The average molecular weight is 339 g/mol. The molecule has 0 aliphatic carbocycles. The van der Waals surface area contributed by atoms with E-state index in [9.17, 15) is 0 Å². The normalized spacial score (nSPS) is 11.2. The first kappa shape index (κ1) is 12.1. The Morgan fingerprint density at radius 1 is 0.750 bits per heavy atom. The Kier molecular flexibility index (Phi) is 2.86. The maximum atomic E-state index is 3.76. The van der Waals surface area contributed by atoms with Crippen LogP contribution in [0.5, 0.6) is 0 Å². The molecule has 0 unspecified atom stereocenters. The smallest absolute Gasteiger partial charge is 0.0497 e. The van der Waals surface area contributed by atoms with Crippen LogP contribution >= 0.6 is 27.3 Å². The van der Waals surface area contributed by atoms with Gasteiger partial charge in [-0.3, -0.25) is 0 Å². The molecule has 0 atom stereocenters. The molecule has 0 spiro atoms. The zero-order valence-electron chi connectivity index (χ0n) is 10.6. The van der Waals surface area contributed by atoms with E-state index in [0.29, 0.717) is 0 Å². The van der Waals surface area contributed by atoms with E-state index in [4.69, 9.17) is 0 Å². The SMILES string of the molecule is Brc1c(-c2ccc3ccccc3c2)sc2ccccc12. The molecule has 0 saturated carbocycles. The number of halogens is 1. The summed E-state index contributed by atoms with van der Waals surface area (Å²) >= 11 is 5.60. The Morgan fingerprint density at radius 3 is 2.35 bits per heavy atom. The Labute approximate surface area is 129 Å². The second kappa shape index (κ2) is 4.72. The number of rotatable bonds is 1. The predicted octanol–water partition coefficient (Wildman–Crippen LogP) is 6.48. The maximum Gasteiger partial charge on any atom is 0.0497 e. The molecule has 96 valence electrons. The van der Waals surface area contributed by atoms with Crippen molar-refractivity contribution in [1.82, 2.24) is 0 Å². The summed E-state index contributed by atoms with van der Waals surface area (Å²) in [6.45, 7) is 0. The number of benzene rings is 3. The van der Waals surface area contributed by atoms with Crippen molar-refractivity contribution in [2.24, 2.45) is 0 Å². The minimum Gasteiger partial charge on any atom is -0.134 e. The number of thiophene rings is 1. The van der Waals surface area contributed by atoms with E-state index in [1.807, 2.05) is 11.3 Å². The Bertz CT molecular complexity index is 921. The topological polar surface area (TPSA) is 0 Å². The summed E-state index contributed by atoms with van der Waals surface area (Å²) in [7, 11) is 0. The van der Waals surface area contributed by atoms with Crippen LogP contribution in [0.3, 0.4) is 0 Å². The van der Waals surface area contributed by atoms with Crippen LogP contribution in [0.15, 0.2) is 71.2 Å². The molecule has 0 saturated heterocycles. The van der Waals surface area contributed by atoms with E-state index in [-0.39, 0.29) is 0 Å². The number of hydrogen-bond acceptors (Lipinski definition) is 1. The molecule has 0 radical (unpaired) electrons. The molecule has 4 rings (SSSR count). The molecule has 3 aromatic carbocycles. The van der Waals surface area contributed by atoms with Crippen molar-refractivity contribution in [1.29, 1.82) is 0 Å². The molecule has 0 amide bonds. The number of fused-ring (bicyclic) bond motifs is 2. The Balaban J connectivity index is 1.98. The molecule has 0 fully saturated rings. The summed E-state index contributed by atoms with van der Waals surface area (Å²) in [5.41, 5.74) is 1.27. The van der Waals surface area contributed by atoms with Gasteiger partial charge in [0.15, 0.2) is 0 Å². The van der Waals surface area contributed by atoms with E-state index in [1.165, 1.54) is 35.8 Å². The van der Waals surface area contributed by atoms with E-state index in [0.717, 1.165) is 0 Å². The molecule has 1 aromatic heterocycles. The van der Waals surface area contributed by atoms with Crippen molar-refractivity contribution >= 4 is 48.1 Å². The Hall–Kier alpha value is -1.64. The van der Waals surface area contributed by atoms with Gasteiger partial charge in [0.1, 0.15) is 0 Å². The van der Waals surface area contributed by atoms with Crippen molar-refractivity contribution in [2.45, 2.75) is 0 Å². The highest BCUT2D eigenvalue weighted by Crippen LogP contribution is 2.42. The van der Waals surface area contributed by atoms with Crippen LogP contribution in [-0.4, -0.2) is 0 Å². The lowest BCUT2D eigenvalue weighted by Crippen LogP contribution is -1.76. The monoisotopic (exact) mass is 338 g/mol. The van der Waals surface area contributed by atoms with E-state index in [2.05, 4.69) is 82.7 Å². The lowest BCUT2D eigenvalue weighted by Gasteiger charge is -2.02. The second-order valence-electron chi connectivity index (χ2n) is 4.80. The average Bonchev–Trinajstić information content (AvgIpc) is 2.84. The first-order valence-corrected chi connectivity index (χ1v) is 8.10. The van der Waals surface area contributed by atoms with Gasteiger partial charge in [0.05, 0.1) is 0 Å². The largest absolute Gasteiger partial charge is 0.134 e. The number of hydrogen-bond donors (Lipinski definition) is 0. The van der Waals surface area contributed by atoms with Crippen LogP contribution in [-0.2, 0) is 0 Å². The minimum atomic E-state index is 1.20. The third-order valence-corrected chi connectivity index (χ3v) is 5.85. The fraction of sp³-hybridized carbons (Fsp3) is 0. The minimum absolute atomic E-state index is 1.20. The predicted molar refractivity (Wildman–Crippen MR) is 92.5 cm³/mol. The standard InChI is InChI=1S/C18H11BrS/c19-17-15-7-3-4-8-16(15)20-18(17)14-10-9-12-5-1-2-6-13(12)11-14/h1-11H. The zero-order chi connectivity index (χ0) is 13.5. The highest BCUT2D eigenvalue weighted by Gasteiger charge is 2.11. The highest BCUT2D eigenvalue weighted by atomic mass is 79.9. The summed E-state index contributed by atoms with van der Waals surface area (Å²) in [5, 5.41) is 3.86. The molecule has 0 aliphatic rings. The van der Waals surface area contributed by atoms with Gasteiger partial charge >= 0.3 is 0 Å². The molecule has 1 heterocycles. The van der Waals surface area contributed by atoms with Crippen molar-refractivity contribution in [3.05, 3.63) is 71.2 Å². The molecule has 0 aliphatic heterocycles. The lowest BCUT2D eigenvalue weighted by molar-refractivity contribution is 1.72. The van der Waals surface area contributed by atoms with Crippen LogP contribution in [0.4, 0.5) is 0 Å². The van der Waals surface area contributed by atoms with Crippen molar-refractivity contribution in [3.8, 4) is 10.4 Å². The van der Waals surface area contributed by atoms with Crippen molar-refractivity contribution in [3.63, 3.8) is 0 Å². The first-order chi connectivity index (χ1) is 9.83. The second-order valence-corrected chi connectivity index (χ2v) is 6.65.